The Balaban J connectivity index is 1.99. The number of hydrogen-bond donors (Lipinski definition) is 0. The van der Waals surface area contributed by atoms with Crippen LogP contribution in [0.4, 0.5) is 5.69 Å². The van der Waals surface area contributed by atoms with Gasteiger partial charge in [-0.05, 0) is 42.5 Å². The maximum atomic E-state index is 11.1. The monoisotopic (exact) mass is 315 g/mol. The van der Waals surface area contributed by atoms with Gasteiger partial charge in [0.25, 0.3) is 5.69 Å². The largest absolute Gasteiger partial charge is 0.464 e. The second-order valence-corrected chi connectivity index (χ2v) is 4.94. The molecular weight excluding hydrogens is 306 g/mol. The number of nitrogens with zero attached hydrogens (tertiary/aromatic N) is 1. The van der Waals surface area contributed by atoms with E-state index in [1.54, 1.807) is 42.5 Å². The highest BCUT2D eigenvalue weighted by Crippen LogP contribution is 2.32. The molecule has 2 aromatic carbocycles. The summed E-state index contributed by atoms with van der Waals surface area (Å²) in [7, 11) is 0. The zero-order chi connectivity index (χ0) is 15.5. The lowest BCUT2D eigenvalue weighted by Crippen LogP contribution is -1.91. The maximum Gasteiger partial charge on any atom is 0.273 e. The van der Waals surface area contributed by atoms with Crippen molar-refractivity contribution < 1.29 is 14.1 Å². The van der Waals surface area contributed by atoms with E-state index in [0.29, 0.717) is 27.8 Å². The molecule has 6 heteroatoms. The van der Waals surface area contributed by atoms with E-state index in [-0.39, 0.29) is 5.69 Å². The van der Waals surface area contributed by atoms with Crippen molar-refractivity contribution in [3.8, 4) is 22.8 Å². The number of hydrogen-bond acceptors (Lipinski definition) is 4. The summed E-state index contributed by atoms with van der Waals surface area (Å²) in [5.41, 5.74) is 0.501. The molecule has 1 heterocycles. The second kappa shape index (κ2) is 5.91. The number of nitro groups is 1. The molecule has 0 fully saturated rings. The predicted molar refractivity (Wildman–Crippen MR) is 82.3 cm³/mol. The smallest absolute Gasteiger partial charge is 0.273 e. The molecule has 3 aromatic rings. The van der Waals surface area contributed by atoms with Gasteiger partial charge in [0, 0.05) is 16.7 Å². The zero-order valence-electron chi connectivity index (χ0n) is 11.2. The third-order valence-electron chi connectivity index (χ3n) is 2.96. The van der Waals surface area contributed by atoms with Gasteiger partial charge in [0.05, 0.1) is 17.3 Å². The van der Waals surface area contributed by atoms with Crippen molar-refractivity contribution >= 4 is 17.3 Å². The van der Waals surface area contributed by atoms with Crippen LogP contribution in [0.15, 0.2) is 65.3 Å². The van der Waals surface area contributed by atoms with Crippen LogP contribution in [0.25, 0.3) is 11.3 Å². The first-order chi connectivity index (χ1) is 10.6. The van der Waals surface area contributed by atoms with E-state index >= 15 is 0 Å². The fourth-order valence-corrected chi connectivity index (χ4v) is 2.10. The van der Waals surface area contributed by atoms with Gasteiger partial charge in [-0.2, -0.15) is 0 Å². The Morgan fingerprint density at radius 1 is 1.05 bits per heavy atom. The molecule has 1 aromatic heterocycles. The maximum absolute atomic E-state index is 11.1. The Morgan fingerprint density at radius 2 is 1.82 bits per heavy atom. The average Bonchev–Trinajstić information content (AvgIpc) is 3.04. The first-order valence-corrected chi connectivity index (χ1v) is 6.76. The lowest BCUT2D eigenvalue weighted by molar-refractivity contribution is -0.384. The van der Waals surface area contributed by atoms with Gasteiger partial charge in [-0.1, -0.05) is 11.6 Å². The molecule has 3 rings (SSSR count). The Labute approximate surface area is 130 Å². The van der Waals surface area contributed by atoms with Crippen molar-refractivity contribution in [3.63, 3.8) is 0 Å². The van der Waals surface area contributed by atoms with Crippen molar-refractivity contribution in [2.24, 2.45) is 0 Å². The molecule has 110 valence electrons. The normalized spacial score (nSPS) is 10.4. The Bertz CT molecular complexity index is 798. The lowest BCUT2D eigenvalue weighted by Gasteiger charge is -2.07. The van der Waals surface area contributed by atoms with Crippen molar-refractivity contribution in [3.05, 3.63) is 76.0 Å². The number of non-ortho nitro benzene ring substituents is 1. The number of ether oxygens (including phenoxy) is 1. The van der Waals surface area contributed by atoms with E-state index in [4.69, 9.17) is 20.8 Å². The van der Waals surface area contributed by atoms with Crippen LogP contribution in [0, 0.1) is 10.1 Å². The standard InChI is InChI=1S/C16H10ClNO4/c17-12-3-5-14(6-4-12)22-15-9-11(16-2-1-7-21-16)8-13(10-15)18(19)20/h1-10H. The number of furan rings is 1. The molecule has 0 saturated heterocycles. The third-order valence-corrected chi connectivity index (χ3v) is 3.21. The minimum absolute atomic E-state index is 0.0714. The van der Waals surface area contributed by atoms with E-state index in [9.17, 15) is 10.1 Å². The molecule has 5 nitrogen and oxygen atoms in total. The van der Waals surface area contributed by atoms with Gasteiger partial charge in [-0.15, -0.1) is 0 Å². The first kappa shape index (κ1) is 14.2. The quantitative estimate of drug-likeness (QED) is 0.484. The molecule has 0 amide bonds. The Hall–Kier alpha value is -2.79. The topological polar surface area (TPSA) is 65.5 Å². The molecule has 0 bridgehead atoms. The lowest BCUT2D eigenvalue weighted by atomic mass is 10.1. The number of rotatable bonds is 4. The molecule has 0 aliphatic rings. The summed E-state index contributed by atoms with van der Waals surface area (Å²) in [5, 5.41) is 11.7. The van der Waals surface area contributed by atoms with Crippen molar-refractivity contribution in [1.82, 2.24) is 0 Å². The van der Waals surface area contributed by atoms with Gasteiger partial charge in [0.1, 0.15) is 17.3 Å². The summed E-state index contributed by atoms with van der Waals surface area (Å²) >= 11 is 5.82. The van der Waals surface area contributed by atoms with E-state index < -0.39 is 4.92 Å². The minimum atomic E-state index is -0.471. The van der Waals surface area contributed by atoms with Crippen LogP contribution < -0.4 is 4.74 Å². The number of benzene rings is 2. The SMILES string of the molecule is O=[N+]([O-])c1cc(Oc2ccc(Cl)cc2)cc(-c2ccco2)c1. The van der Waals surface area contributed by atoms with Gasteiger partial charge >= 0.3 is 0 Å². The molecule has 0 unspecified atom stereocenters. The van der Waals surface area contributed by atoms with Gasteiger partial charge in [0.15, 0.2) is 0 Å². The summed E-state index contributed by atoms with van der Waals surface area (Å²) in [6.45, 7) is 0. The van der Waals surface area contributed by atoms with E-state index in [1.165, 1.54) is 18.4 Å². The second-order valence-electron chi connectivity index (χ2n) is 4.51. The summed E-state index contributed by atoms with van der Waals surface area (Å²) in [6, 6.07) is 14.7. The Kier molecular flexibility index (Phi) is 3.80. The number of halogens is 1. The highest BCUT2D eigenvalue weighted by atomic mass is 35.5. The van der Waals surface area contributed by atoms with Crippen molar-refractivity contribution in [2.75, 3.05) is 0 Å². The Morgan fingerprint density at radius 3 is 2.45 bits per heavy atom. The van der Waals surface area contributed by atoms with Crippen LogP contribution in [-0.2, 0) is 0 Å². The summed E-state index contributed by atoms with van der Waals surface area (Å²) in [4.78, 5) is 10.6. The fraction of sp³-hybridized carbons (Fsp3) is 0. The molecule has 0 saturated carbocycles. The molecular formula is C16H10ClNO4. The summed E-state index contributed by atoms with van der Waals surface area (Å²) in [6.07, 6.45) is 1.51. The minimum Gasteiger partial charge on any atom is -0.464 e. The van der Waals surface area contributed by atoms with Gasteiger partial charge in [-0.25, -0.2) is 0 Å². The van der Waals surface area contributed by atoms with E-state index in [0.717, 1.165) is 0 Å². The van der Waals surface area contributed by atoms with Gasteiger partial charge < -0.3 is 9.15 Å². The van der Waals surface area contributed by atoms with E-state index in [1.807, 2.05) is 0 Å². The van der Waals surface area contributed by atoms with Crippen LogP contribution in [-0.4, -0.2) is 4.92 Å². The van der Waals surface area contributed by atoms with Crippen LogP contribution in [0.1, 0.15) is 0 Å². The molecule has 0 radical (unpaired) electrons. The molecule has 0 N–H and O–H groups in total. The van der Waals surface area contributed by atoms with Gasteiger partial charge in [-0.3, -0.25) is 10.1 Å². The summed E-state index contributed by atoms with van der Waals surface area (Å²) in [5.74, 6) is 1.42. The molecule has 0 atom stereocenters. The molecule has 0 spiro atoms. The highest BCUT2D eigenvalue weighted by Gasteiger charge is 2.13. The fourth-order valence-electron chi connectivity index (χ4n) is 1.97. The summed E-state index contributed by atoms with van der Waals surface area (Å²) < 4.78 is 10.9. The number of nitro benzene ring substituents is 1. The molecule has 0 aliphatic carbocycles. The molecule has 22 heavy (non-hydrogen) atoms. The van der Waals surface area contributed by atoms with Crippen LogP contribution in [0.3, 0.4) is 0 Å². The highest BCUT2D eigenvalue weighted by molar-refractivity contribution is 6.30. The van der Waals surface area contributed by atoms with Crippen molar-refractivity contribution in [2.45, 2.75) is 0 Å². The first-order valence-electron chi connectivity index (χ1n) is 6.38. The van der Waals surface area contributed by atoms with Crippen LogP contribution in [0.5, 0.6) is 11.5 Å². The van der Waals surface area contributed by atoms with E-state index in [2.05, 4.69) is 0 Å². The zero-order valence-corrected chi connectivity index (χ0v) is 12.0. The van der Waals surface area contributed by atoms with Crippen LogP contribution >= 0.6 is 11.6 Å². The van der Waals surface area contributed by atoms with Crippen LogP contribution in [0.2, 0.25) is 5.02 Å². The van der Waals surface area contributed by atoms with Gasteiger partial charge in [0.2, 0.25) is 0 Å². The van der Waals surface area contributed by atoms with Crippen molar-refractivity contribution in [1.29, 1.82) is 0 Å². The third kappa shape index (κ3) is 3.10. The predicted octanol–water partition coefficient (Wildman–Crippen LogP) is 5.30. The molecule has 0 aliphatic heterocycles. The average molecular weight is 316 g/mol.